The van der Waals surface area contributed by atoms with Crippen LogP contribution in [0.2, 0.25) is 0 Å². The van der Waals surface area contributed by atoms with Gasteiger partial charge in [-0.15, -0.1) is 0 Å². The molecule has 22 heavy (non-hydrogen) atoms. The zero-order chi connectivity index (χ0) is 15.8. The maximum Gasteiger partial charge on any atom is 0.407 e. The summed E-state index contributed by atoms with van der Waals surface area (Å²) in [5, 5.41) is 5.51. The van der Waals surface area contributed by atoms with Crippen molar-refractivity contribution in [3.63, 3.8) is 0 Å². The van der Waals surface area contributed by atoms with Crippen molar-refractivity contribution in [2.75, 3.05) is 12.4 Å². The topological polar surface area (TPSA) is 67.4 Å². The Morgan fingerprint density at radius 1 is 1.18 bits per heavy atom. The Bertz CT molecular complexity index is 550. The van der Waals surface area contributed by atoms with Crippen molar-refractivity contribution in [1.82, 2.24) is 5.32 Å². The van der Waals surface area contributed by atoms with Gasteiger partial charge in [0.25, 0.3) is 0 Å². The average Bonchev–Trinajstić information content (AvgIpc) is 2.54. The van der Waals surface area contributed by atoms with Gasteiger partial charge in [0.15, 0.2) is 0 Å². The summed E-state index contributed by atoms with van der Waals surface area (Å²) in [6, 6.07) is 7.40. The fraction of sp³-hybridized carbons (Fsp3) is 0.412. The Balaban J connectivity index is 1.81. The summed E-state index contributed by atoms with van der Waals surface area (Å²) in [6.07, 6.45) is 6.73. The van der Waals surface area contributed by atoms with Gasteiger partial charge >= 0.3 is 6.09 Å². The van der Waals surface area contributed by atoms with Gasteiger partial charge in [0.2, 0.25) is 5.91 Å². The van der Waals surface area contributed by atoms with Crippen LogP contribution in [0.25, 0.3) is 0 Å². The van der Waals surface area contributed by atoms with E-state index in [-0.39, 0.29) is 5.91 Å². The van der Waals surface area contributed by atoms with E-state index in [1.165, 1.54) is 25.5 Å². The number of anilines is 1. The number of hydrogen-bond donors (Lipinski definition) is 2. The van der Waals surface area contributed by atoms with Crippen LogP contribution >= 0.6 is 0 Å². The minimum absolute atomic E-state index is 0.0218. The van der Waals surface area contributed by atoms with Gasteiger partial charge in [0, 0.05) is 18.7 Å². The predicted octanol–water partition coefficient (Wildman–Crippen LogP) is 3.37. The quantitative estimate of drug-likeness (QED) is 0.819. The number of carbonyl (C=O) groups excluding carboxylic acids is 2. The number of allylic oxidation sites excluding steroid dienone is 1. The lowest BCUT2D eigenvalue weighted by Crippen LogP contribution is -2.22. The van der Waals surface area contributed by atoms with Gasteiger partial charge in [0.05, 0.1) is 7.11 Å². The Kier molecular flexibility index (Phi) is 6.01. The first-order valence-corrected chi connectivity index (χ1v) is 7.56. The van der Waals surface area contributed by atoms with E-state index < -0.39 is 6.09 Å². The maximum absolute atomic E-state index is 12.0. The molecule has 0 bridgehead atoms. The lowest BCUT2D eigenvalue weighted by Gasteiger charge is -2.12. The van der Waals surface area contributed by atoms with Crippen LogP contribution in [-0.2, 0) is 16.1 Å². The zero-order valence-electron chi connectivity index (χ0n) is 12.9. The largest absolute Gasteiger partial charge is 0.453 e. The van der Waals surface area contributed by atoms with Crippen molar-refractivity contribution in [2.24, 2.45) is 0 Å². The summed E-state index contributed by atoms with van der Waals surface area (Å²) in [5.74, 6) is 0.0218. The van der Waals surface area contributed by atoms with E-state index in [0.29, 0.717) is 13.0 Å². The van der Waals surface area contributed by atoms with Crippen molar-refractivity contribution in [3.05, 3.63) is 41.5 Å². The van der Waals surface area contributed by atoms with Crippen LogP contribution in [-0.4, -0.2) is 19.1 Å². The third-order valence-electron chi connectivity index (χ3n) is 3.63. The number of benzene rings is 1. The van der Waals surface area contributed by atoms with Gasteiger partial charge in [-0.25, -0.2) is 4.79 Å². The lowest BCUT2D eigenvalue weighted by molar-refractivity contribution is -0.115. The Morgan fingerprint density at radius 3 is 2.59 bits per heavy atom. The summed E-state index contributed by atoms with van der Waals surface area (Å²) in [5.41, 5.74) is 2.95. The first kappa shape index (κ1) is 16.1. The monoisotopic (exact) mass is 302 g/mol. The smallest absolute Gasteiger partial charge is 0.407 e. The van der Waals surface area contributed by atoms with E-state index in [0.717, 1.165) is 24.1 Å². The minimum Gasteiger partial charge on any atom is -0.453 e. The molecule has 0 saturated carbocycles. The van der Waals surface area contributed by atoms with Crippen molar-refractivity contribution >= 4 is 17.7 Å². The first-order valence-electron chi connectivity index (χ1n) is 7.56. The van der Waals surface area contributed by atoms with Gasteiger partial charge in [0.1, 0.15) is 0 Å². The summed E-state index contributed by atoms with van der Waals surface area (Å²) in [6.45, 7) is 0.397. The van der Waals surface area contributed by atoms with Crippen molar-refractivity contribution in [2.45, 2.75) is 38.6 Å². The predicted molar refractivity (Wildman–Crippen MR) is 85.5 cm³/mol. The van der Waals surface area contributed by atoms with Gasteiger partial charge in [-0.05, 0) is 43.4 Å². The molecule has 1 aromatic carbocycles. The third-order valence-corrected chi connectivity index (χ3v) is 3.63. The molecule has 2 N–H and O–H groups in total. The Hall–Kier alpha value is -2.30. The van der Waals surface area contributed by atoms with Crippen LogP contribution in [0.15, 0.2) is 35.9 Å². The minimum atomic E-state index is -0.460. The maximum atomic E-state index is 12.0. The van der Waals surface area contributed by atoms with Crippen LogP contribution in [0, 0.1) is 0 Å². The molecule has 0 aromatic heterocycles. The van der Waals surface area contributed by atoms with E-state index in [2.05, 4.69) is 21.4 Å². The van der Waals surface area contributed by atoms with E-state index in [4.69, 9.17) is 0 Å². The fourth-order valence-corrected chi connectivity index (χ4v) is 2.43. The Labute approximate surface area is 130 Å². The van der Waals surface area contributed by atoms with Crippen molar-refractivity contribution < 1.29 is 14.3 Å². The molecular weight excluding hydrogens is 280 g/mol. The van der Waals surface area contributed by atoms with Crippen LogP contribution in [0.1, 0.15) is 37.7 Å². The van der Waals surface area contributed by atoms with E-state index >= 15 is 0 Å². The van der Waals surface area contributed by atoms with Crippen LogP contribution in [0.5, 0.6) is 0 Å². The molecule has 0 aliphatic heterocycles. The first-order chi connectivity index (χ1) is 10.7. The molecule has 0 fully saturated rings. The normalized spacial score (nSPS) is 14.0. The highest BCUT2D eigenvalue weighted by Crippen LogP contribution is 2.20. The highest BCUT2D eigenvalue weighted by molar-refractivity contribution is 5.92. The van der Waals surface area contributed by atoms with E-state index in [1.807, 2.05) is 24.3 Å². The molecule has 5 heteroatoms. The summed E-state index contributed by atoms with van der Waals surface area (Å²) >= 11 is 0. The second-order valence-electron chi connectivity index (χ2n) is 5.38. The number of hydrogen-bond acceptors (Lipinski definition) is 3. The number of rotatable bonds is 5. The molecule has 1 aromatic rings. The van der Waals surface area contributed by atoms with E-state index in [9.17, 15) is 9.59 Å². The number of alkyl carbamates (subject to hydrolysis) is 1. The highest BCUT2D eigenvalue weighted by Gasteiger charge is 2.09. The van der Waals surface area contributed by atoms with Gasteiger partial charge in [-0.1, -0.05) is 23.8 Å². The number of methoxy groups -OCH3 is 1. The molecule has 5 nitrogen and oxygen atoms in total. The molecule has 0 radical (unpaired) electrons. The molecule has 118 valence electrons. The summed E-state index contributed by atoms with van der Waals surface area (Å²) in [4.78, 5) is 23.0. The molecular formula is C17H22N2O3. The molecule has 0 spiro atoms. The van der Waals surface area contributed by atoms with Gasteiger partial charge in [-0.2, -0.15) is 0 Å². The molecule has 1 aliphatic rings. The van der Waals surface area contributed by atoms with Crippen molar-refractivity contribution in [1.29, 1.82) is 0 Å². The second kappa shape index (κ2) is 8.22. The summed E-state index contributed by atoms with van der Waals surface area (Å²) in [7, 11) is 1.33. The fourth-order valence-electron chi connectivity index (χ4n) is 2.43. The Morgan fingerprint density at radius 2 is 1.95 bits per heavy atom. The van der Waals surface area contributed by atoms with Crippen LogP contribution < -0.4 is 10.6 Å². The molecule has 2 amide bonds. The summed E-state index contributed by atoms with van der Waals surface area (Å²) < 4.78 is 4.51. The van der Waals surface area contributed by atoms with Crippen LogP contribution in [0.4, 0.5) is 10.5 Å². The standard InChI is InChI=1S/C17H22N2O3/c1-22-17(21)18-12-14-7-9-15(10-8-14)19-16(20)11-13-5-3-2-4-6-13/h5,7-10H,2-4,6,11-12H2,1H3,(H,18,21)(H,19,20). The molecule has 0 saturated heterocycles. The second-order valence-corrected chi connectivity index (χ2v) is 5.38. The number of nitrogens with one attached hydrogen (secondary N) is 2. The number of amides is 2. The zero-order valence-corrected chi connectivity index (χ0v) is 12.9. The lowest BCUT2D eigenvalue weighted by atomic mass is 9.97. The van der Waals surface area contributed by atoms with Gasteiger partial charge < -0.3 is 15.4 Å². The average molecular weight is 302 g/mol. The molecule has 1 aliphatic carbocycles. The van der Waals surface area contributed by atoms with E-state index in [1.54, 1.807) is 0 Å². The number of ether oxygens (including phenoxy) is 1. The highest BCUT2D eigenvalue weighted by atomic mass is 16.5. The van der Waals surface area contributed by atoms with Crippen LogP contribution in [0.3, 0.4) is 0 Å². The number of carbonyl (C=O) groups is 2. The molecule has 0 unspecified atom stereocenters. The SMILES string of the molecule is COC(=O)NCc1ccc(NC(=O)CC2=CCCCC2)cc1. The molecule has 0 heterocycles. The third kappa shape index (κ3) is 5.24. The van der Waals surface area contributed by atoms with Gasteiger partial charge in [-0.3, -0.25) is 4.79 Å². The molecule has 0 atom stereocenters. The van der Waals surface area contributed by atoms with Crippen molar-refractivity contribution in [3.8, 4) is 0 Å². The molecule has 2 rings (SSSR count).